The molecule has 0 bridgehead atoms. The van der Waals surface area contributed by atoms with Crippen LogP contribution in [0.1, 0.15) is 25.3 Å². The van der Waals surface area contributed by atoms with Crippen LogP contribution in [0.15, 0.2) is 24.3 Å². The second-order valence-electron chi connectivity index (χ2n) is 4.82. The molecule has 1 aromatic carbocycles. The van der Waals surface area contributed by atoms with E-state index < -0.39 is 0 Å². The van der Waals surface area contributed by atoms with E-state index in [1.165, 1.54) is 0 Å². The van der Waals surface area contributed by atoms with Crippen molar-refractivity contribution in [3.63, 3.8) is 0 Å². The molecule has 1 unspecified atom stereocenters. The number of likely N-dealkylation sites (N-methyl/N-ethyl adjacent to an activating group) is 1. The smallest absolute Gasteiger partial charge is 0.224 e. The van der Waals surface area contributed by atoms with E-state index in [2.05, 4.69) is 5.32 Å². The average molecular weight is 275 g/mol. The van der Waals surface area contributed by atoms with Crippen LogP contribution in [0, 0.1) is 11.3 Å². The molecule has 1 atom stereocenters. The fourth-order valence-electron chi connectivity index (χ4n) is 1.75. The first-order valence-corrected chi connectivity index (χ1v) is 6.68. The molecular formula is C15H21N3O2. The number of nitriles is 1. The van der Waals surface area contributed by atoms with Crippen molar-refractivity contribution < 1.29 is 9.90 Å². The quantitative estimate of drug-likeness (QED) is 0.792. The lowest BCUT2D eigenvalue weighted by Crippen LogP contribution is -2.33. The molecular weight excluding hydrogens is 254 g/mol. The van der Waals surface area contributed by atoms with Gasteiger partial charge in [-0.1, -0.05) is 12.1 Å². The Morgan fingerprint density at radius 1 is 1.50 bits per heavy atom. The van der Waals surface area contributed by atoms with Crippen LogP contribution in [0.2, 0.25) is 0 Å². The van der Waals surface area contributed by atoms with Crippen LogP contribution in [-0.2, 0) is 4.79 Å². The minimum atomic E-state index is -0.0993. The Hall–Kier alpha value is -1.90. The zero-order valence-corrected chi connectivity index (χ0v) is 12.0. The van der Waals surface area contributed by atoms with Gasteiger partial charge >= 0.3 is 0 Å². The normalized spacial score (nSPS) is 11.9. The van der Waals surface area contributed by atoms with E-state index in [-0.39, 0.29) is 18.6 Å². The summed E-state index contributed by atoms with van der Waals surface area (Å²) in [6.45, 7) is 2.79. The van der Waals surface area contributed by atoms with Crippen molar-refractivity contribution in [1.82, 2.24) is 4.90 Å². The second kappa shape index (κ2) is 8.31. The summed E-state index contributed by atoms with van der Waals surface area (Å²) in [5.41, 5.74) is 1.02. The number of rotatable bonds is 7. The van der Waals surface area contributed by atoms with Crippen LogP contribution in [-0.4, -0.2) is 42.2 Å². The van der Waals surface area contributed by atoms with Crippen molar-refractivity contribution in [2.45, 2.75) is 25.8 Å². The Morgan fingerprint density at radius 3 is 2.85 bits per heavy atom. The van der Waals surface area contributed by atoms with Gasteiger partial charge in [0.1, 0.15) is 6.07 Å². The number of para-hydroxylation sites is 1. The lowest BCUT2D eigenvalue weighted by molar-refractivity contribution is -0.116. The highest BCUT2D eigenvalue weighted by Gasteiger charge is 2.09. The monoisotopic (exact) mass is 275 g/mol. The number of benzene rings is 1. The highest BCUT2D eigenvalue weighted by molar-refractivity contribution is 5.92. The lowest BCUT2D eigenvalue weighted by atomic mass is 10.2. The summed E-state index contributed by atoms with van der Waals surface area (Å²) in [5, 5.41) is 20.7. The number of carbonyl (C=O) groups is 1. The first-order chi connectivity index (χ1) is 9.58. The third-order valence-corrected chi connectivity index (χ3v) is 3.25. The van der Waals surface area contributed by atoms with Crippen LogP contribution in [0.5, 0.6) is 0 Å². The molecule has 0 aromatic heterocycles. The summed E-state index contributed by atoms with van der Waals surface area (Å²) in [5.74, 6) is -0.0993. The second-order valence-corrected chi connectivity index (χ2v) is 4.82. The van der Waals surface area contributed by atoms with Gasteiger partial charge in [0.15, 0.2) is 0 Å². The minimum Gasteiger partial charge on any atom is -0.395 e. The van der Waals surface area contributed by atoms with Crippen LogP contribution in [0.4, 0.5) is 5.69 Å². The SMILES string of the molecule is CC(CO)N(C)CCCC(=O)Nc1ccccc1C#N. The van der Waals surface area contributed by atoms with Crippen LogP contribution in [0.25, 0.3) is 0 Å². The highest BCUT2D eigenvalue weighted by Crippen LogP contribution is 2.14. The maximum atomic E-state index is 11.8. The van der Waals surface area contributed by atoms with E-state index in [4.69, 9.17) is 10.4 Å². The van der Waals surface area contributed by atoms with Gasteiger partial charge in [-0.15, -0.1) is 0 Å². The summed E-state index contributed by atoms with van der Waals surface area (Å²) >= 11 is 0. The highest BCUT2D eigenvalue weighted by atomic mass is 16.3. The first kappa shape index (κ1) is 16.2. The third kappa shape index (κ3) is 5.00. The molecule has 0 heterocycles. The summed E-state index contributed by atoms with van der Waals surface area (Å²) in [7, 11) is 1.92. The molecule has 0 saturated heterocycles. The maximum absolute atomic E-state index is 11.8. The Morgan fingerprint density at radius 2 is 2.20 bits per heavy atom. The van der Waals surface area contributed by atoms with Crippen molar-refractivity contribution in [2.24, 2.45) is 0 Å². The van der Waals surface area contributed by atoms with E-state index >= 15 is 0 Å². The zero-order chi connectivity index (χ0) is 15.0. The first-order valence-electron chi connectivity index (χ1n) is 6.68. The Balaban J connectivity index is 2.39. The third-order valence-electron chi connectivity index (χ3n) is 3.25. The molecule has 1 rings (SSSR count). The minimum absolute atomic E-state index is 0.0948. The van der Waals surface area contributed by atoms with Crippen LogP contribution in [0.3, 0.4) is 0 Å². The number of aliphatic hydroxyl groups excluding tert-OH is 1. The number of hydrogen-bond donors (Lipinski definition) is 2. The van der Waals surface area contributed by atoms with Crippen molar-refractivity contribution in [2.75, 3.05) is 25.5 Å². The topological polar surface area (TPSA) is 76.4 Å². The molecule has 0 aliphatic heterocycles. The molecule has 108 valence electrons. The fourth-order valence-corrected chi connectivity index (χ4v) is 1.75. The van der Waals surface area contributed by atoms with Crippen molar-refractivity contribution in [3.8, 4) is 6.07 Å². The predicted octanol–water partition coefficient (Wildman–Crippen LogP) is 1.59. The summed E-state index contributed by atoms with van der Waals surface area (Å²) < 4.78 is 0. The van der Waals surface area contributed by atoms with Crippen LogP contribution >= 0.6 is 0 Å². The van der Waals surface area contributed by atoms with Gasteiger partial charge in [-0.2, -0.15) is 5.26 Å². The van der Waals surface area contributed by atoms with E-state index in [1.807, 2.05) is 24.9 Å². The van der Waals surface area contributed by atoms with E-state index in [1.54, 1.807) is 24.3 Å². The number of amides is 1. The number of nitrogens with zero attached hydrogens (tertiary/aromatic N) is 2. The van der Waals surface area contributed by atoms with Gasteiger partial charge in [0.05, 0.1) is 17.9 Å². The Bertz CT molecular complexity index is 482. The molecule has 1 aromatic rings. The number of hydrogen-bond acceptors (Lipinski definition) is 4. The molecule has 20 heavy (non-hydrogen) atoms. The van der Waals surface area contributed by atoms with Gasteiger partial charge in [0.25, 0.3) is 0 Å². The predicted molar refractivity (Wildman–Crippen MR) is 78.2 cm³/mol. The molecule has 5 nitrogen and oxygen atoms in total. The van der Waals surface area contributed by atoms with E-state index in [0.717, 1.165) is 6.54 Å². The summed E-state index contributed by atoms with van der Waals surface area (Å²) in [6.07, 6.45) is 1.10. The van der Waals surface area contributed by atoms with Crippen molar-refractivity contribution in [1.29, 1.82) is 5.26 Å². The van der Waals surface area contributed by atoms with Gasteiger partial charge in [-0.25, -0.2) is 0 Å². The molecule has 0 fully saturated rings. The molecule has 5 heteroatoms. The lowest BCUT2D eigenvalue weighted by Gasteiger charge is -2.22. The maximum Gasteiger partial charge on any atom is 0.224 e. The van der Waals surface area contributed by atoms with Crippen LogP contribution < -0.4 is 5.32 Å². The van der Waals surface area contributed by atoms with Crippen molar-refractivity contribution >= 4 is 11.6 Å². The Labute approximate surface area is 119 Å². The molecule has 0 aliphatic carbocycles. The van der Waals surface area contributed by atoms with Gasteiger partial charge in [-0.05, 0) is 39.1 Å². The average Bonchev–Trinajstić information content (AvgIpc) is 2.46. The molecule has 0 spiro atoms. The molecule has 2 N–H and O–H groups in total. The number of nitrogens with one attached hydrogen (secondary N) is 1. The standard InChI is InChI=1S/C15H21N3O2/c1-12(11-19)18(2)9-5-8-15(20)17-14-7-4-3-6-13(14)10-16/h3-4,6-7,12,19H,5,8-9,11H2,1-2H3,(H,17,20). The molecule has 0 saturated carbocycles. The van der Waals surface area contributed by atoms with E-state index in [9.17, 15) is 4.79 Å². The fraction of sp³-hybridized carbons (Fsp3) is 0.467. The molecule has 0 radical (unpaired) electrons. The van der Waals surface area contributed by atoms with Gasteiger partial charge < -0.3 is 15.3 Å². The number of carbonyl (C=O) groups excluding carboxylic acids is 1. The molecule has 1 amide bonds. The Kier molecular flexibility index (Phi) is 6.71. The van der Waals surface area contributed by atoms with E-state index in [0.29, 0.717) is 24.1 Å². The number of anilines is 1. The molecule has 0 aliphatic rings. The summed E-state index contributed by atoms with van der Waals surface area (Å²) in [6, 6.07) is 9.08. The van der Waals surface area contributed by atoms with Gasteiger partial charge in [0.2, 0.25) is 5.91 Å². The zero-order valence-electron chi connectivity index (χ0n) is 12.0. The number of aliphatic hydroxyl groups is 1. The summed E-state index contributed by atoms with van der Waals surface area (Å²) in [4.78, 5) is 13.8. The van der Waals surface area contributed by atoms with Gasteiger partial charge in [0, 0.05) is 12.5 Å². The van der Waals surface area contributed by atoms with Crippen molar-refractivity contribution in [3.05, 3.63) is 29.8 Å². The largest absolute Gasteiger partial charge is 0.395 e. The van der Waals surface area contributed by atoms with Gasteiger partial charge in [-0.3, -0.25) is 4.79 Å².